The Balaban J connectivity index is 0.00000288. The molecule has 2 rings (SSSR count). The van der Waals surface area contributed by atoms with Crippen molar-refractivity contribution in [2.24, 2.45) is 11.7 Å². The van der Waals surface area contributed by atoms with E-state index in [1.807, 2.05) is 6.92 Å². The van der Waals surface area contributed by atoms with E-state index in [1.165, 1.54) is 0 Å². The lowest BCUT2D eigenvalue weighted by Gasteiger charge is -2.38. The number of nitrogens with two attached hydrogens (primary N) is 1. The van der Waals surface area contributed by atoms with Crippen molar-refractivity contribution in [2.75, 3.05) is 13.1 Å². The van der Waals surface area contributed by atoms with Crippen molar-refractivity contribution >= 4 is 34.0 Å². The number of nitrogens with zero attached hydrogens (tertiary/aromatic N) is 1. The van der Waals surface area contributed by atoms with E-state index in [0.717, 1.165) is 22.9 Å². The van der Waals surface area contributed by atoms with Crippen molar-refractivity contribution in [3.8, 4) is 0 Å². The number of rotatable bonds is 3. The molecule has 1 aliphatic heterocycles. The fourth-order valence-electron chi connectivity index (χ4n) is 2.93. The van der Waals surface area contributed by atoms with E-state index >= 15 is 0 Å². The lowest BCUT2D eigenvalue weighted by atomic mass is 9.93. The van der Waals surface area contributed by atoms with Gasteiger partial charge in [0.2, 0.25) is 10.0 Å². The Morgan fingerprint density at radius 3 is 2.54 bits per heavy atom. The molecule has 0 radical (unpaired) electrons. The number of benzene rings is 1. The molecule has 0 bridgehead atoms. The summed E-state index contributed by atoms with van der Waals surface area (Å²) in [5.41, 5.74) is 4.41. The minimum absolute atomic E-state index is 0. The molecule has 1 aliphatic rings. The molecule has 1 saturated heterocycles. The van der Waals surface area contributed by atoms with Gasteiger partial charge in [-0.15, -0.1) is 12.4 Å². The molecule has 2 atom stereocenters. The Bertz CT molecular complexity index is 683. The van der Waals surface area contributed by atoms with E-state index < -0.39 is 32.7 Å². The molecule has 0 spiro atoms. The van der Waals surface area contributed by atoms with Crippen molar-refractivity contribution < 1.29 is 21.6 Å². The van der Waals surface area contributed by atoms with Gasteiger partial charge in [-0.05, 0) is 37.0 Å². The fraction of sp³-hybridized carbons (Fsp3) is 0.571. The van der Waals surface area contributed by atoms with Gasteiger partial charge in [-0.25, -0.2) is 8.42 Å². The van der Waals surface area contributed by atoms with Crippen LogP contribution in [0, 0.1) is 5.92 Å². The van der Waals surface area contributed by atoms with Gasteiger partial charge in [-0.2, -0.15) is 17.5 Å². The first-order valence-corrected chi connectivity index (χ1v) is 8.99. The zero-order valence-corrected chi connectivity index (χ0v) is 15.3. The number of halogens is 5. The number of piperidine rings is 1. The van der Waals surface area contributed by atoms with Crippen LogP contribution in [0.4, 0.5) is 13.2 Å². The molecule has 0 amide bonds. The number of sulfonamides is 1. The lowest BCUT2D eigenvalue weighted by molar-refractivity contribution is -0.139. The summed E-state index contributed by atoms with van der Waals surface area (Å²) in [6, 6.07) is 2.19. The first-order chi connectivity index (χ1) is 10.6. The Kier molecular flexibility index (Phi) is 6.97. The van der Waals surface area contributed by atoms with Gasteiger partial charge in [0, 0.05) is 24.2 Å². The molecule has 0 aromatic heterocycles. The number of alkyl halides is 3. The predicted molar refractivity (Wildman–Crippen MR) is 88.8 cm³/mol. The maximum absolute atomic E-state index is 13.2. The minimum Gasteiger partial charge on any atom is -0.329 e. The summed E-state index contributed by atoms with van der Waals surface area (Å²) < 4.78 is 66.4. The maximum Gasteiger partial charge on any atom is 0.417 e. The average molecular weight is 407 g/mol. The second-order valence-corrected chi connectivity index (χ2v) is 7.97. The first kappa shape index (κ1) is 21.5. The topological polar surface area (TPSA) is 63.4 Å². The quantitative estimate of drug-likeness (QED) is 0.834. The summed E-state index contributed by atoms with van der Waals surface area (Å²) in [6.45, 7) is 2.08. The van der Waals surface area contributed by atoms with Crippen LogP contribution in [0.3, 0.4) is 0 Å². The van der Waals surface area contributed by atoms with Gasteiger partial charge in [0.05, 0.1) is 10.5 Å². The molecule has 0 saturated carbocycles. The molecule has 1 heterocycles. The minimum atomic E-state index is -4.81. The van der Waals surface area contributed by atoms with E-state index in [1.54, 1.807) is 0 Å². The highest BCUT2D eigenvalue weighted by atomic mass is 35.5. The highest BCUT2D eigenvalue weighted by molar-refractivity contribution is 7.89. The molecular formula is C14H19Cl2F3N2O2S. The zero-order chi connectivity index (χ0) is 17.4. The Morgan fingerprint density at radius 1 is 1.38 bits per heavy atom. The molecule has 24 heavy (non-hydrogen) atoms. The van der Waals surface area contributed by atoms with Crippen LogP contribution in [0.15, 0.2) is 23.1 Å². The highest BCUT2D eigenvalue weighted by Gasteiger charge is 2.42. The third-order valence-electron chi connectivity index (χ3n) is 4.14. The molecule has 138 valence electrons. The van der Waals surface area contributed by atoms with Gasteiger partial charge in [-0.1, -0.05) is 18.5 Å². The second kappa shape index (κ2) is 7.78. The van der Waals surface area contributed by atoms with Gasteiger partial charge < -0.3 is 5.73 Å². The smallest absolute Gasteiger partial charge is 0.329 e. The summed E-state index contributed by atoms with van der Waals surface area (Å²) in [5.74, 6) is -0.00911. The zero-order valence-electron chi connectivity index (χ0n) is 12.9. The van der Waals surface area contributed by atoms with Crippen LogP contribution in [0.25, 0.3) is 0 Å². The van der Waals surface area contributed by atoms with Crippen LogP contribution in [0.2, 0.25) is 5.02 Å². The summed E-state index contributed by atoms with van der Waals surface area (Å²) >= 11 is 5.61. The SMILES string of the molecule is CC1CCCN(S(=O)(=O)c2ccc(Cl)cc2C(F)(F)F)C1CN.Cl. The standard InChI is InChI=1S/C14H18ClF3N2O2S.ClH/c1-9-3-2-6-20(12(9)8-19)23(21,22)13-5-4-10(15)7-11(13)14(16,17)18;/h4-5,7,9,12H,2-3,6,8,19H2,1H3;1H. The molecule has 1 aromatic rings. The Morgan fingerprint density at radius 2 is 2.00 bits per heavy atom. The molecular weight excluding hydrogens is 388 g/mol. The number of hydrogen-bond acceptors (Lipinski definition) is 3. The molecule has 10 heteroatoms. The van der Waals surface area contributed by atoms with Crippen LogP contribution in [-0.4, -0.2) is 31.9 Å². The van der Waals surface area contributed by atoms with Crippen LogP contribution < -0.4 is 5.73 Å². The third kappa shape index (κ3) is 4.16. The van der Waals surface area contributed by atoms with E-state index in [0.29, 0.717) is 12.5 Å². The summed E-state index contributed by atoms with van der Waals surface area (Å²) in [5, 5.41) is -0.168. The first-order valence-electron chi connectivity index (χ1n) is 7.17. The molecule has 2 N–H and O–H groups in total. The largest absolute Gasteiger partial charge is 0.417 e. The average Bonchev–Trinajstić information content (AvgIpc) is 2.45. The van der Waals surface area contributed by atoms with Crippen molar-refractivity contribution in [3.05, 3.63) is 28.8 Å². The Labute approximate surface area is 150 Å². The molecule has 1 fully saturated rings. The molecule has 4 nitrogen and oxygen atoms in total. The Hall–Kier alpha value is -0.540. The lowest BCUT2D eigenvalue weighted by Crippen LogP contribution is -2.51. The van der Waals surface area contributed by atoms with Crippen LogP contribution in [0.1, 0.15) is 25.3 Å². The predicted octanol–water partition coefficient (Wildman–Crippen LogP) is 3.53. The third-order valence-corrected chi connectivity index (χ3v) is 6.36. The molecule has 1 aromatic carbocycles. The van der Waals surface area contributed by atoms with Crippen molar-refractivity contribution in [2.45, 2.75) is 36.9 Å². The van der Waals surface area contributed by atoms with E-state index in [4.69, 9.17) is 17.3 Å². The van der Waals surface area contributed by atoms with E-state index in [2.05, 4.69) is 0 Å². The molecule has 0 aliphatic carbocycles. The normalized spacial score (nSPS) is 22.9. The maximum atomic E-state index is 13.2. The van der Waals surface area contributed by atoms with Crippen molar-refractivity contribution in [1.29, 1.82) is 0 Å². The number of hydrogen-bond donors (Lipinski definition) is 1. The second-order valence-electron chi connectivity index (χ2n) is 5.68. The fourth-order valence-corrected chi connectivity index (χ4v) is 5.07. The van der Waals surface area contributed by atoms with Crippen LogP contribution >= 0.6 is 24.0 Å². The van der Waals surface area contributed by atoms with Gasteiger partial charge in [-0.3, -0.25) is 0 Å². The monoisotopic (exact) mass is 406 g/mol. The van der Waals surface area contributed by atoms with Crippen LogP contribution in [-0.2, 0) is 16.2 Å². The summed E-state index contributed by atoms with van der Waals surface area (Å²) in [4.78, 5) is -0.776. The van der Waals surface area contributed by atoms with Gasteiger partial charge in [0.15, 0.2) is 0 Å². The van der Waals surface area contributed by atoms with Crippen LogP contribution in [0.5, 0.6) is 0 Å². The van der Waals surface area contributed by atoms with Gasteiger partial charge in [0.25, 0.3) is 0 Å². The van der Waals surface area contributed by atoms with E-state index in [9.17, 15) is 21.6 Å². The van der Waals surface area contributed by atoms with Crippen molar-refractivity contribution in [1.82, 2.24) is 4.31 Å². The van der Waals surface area contributed by atoms with Gasteiger partial charge in [0.1, 0.15) is 0 Å². The molecule has 2 unspecified atom stereocenters. The van der Waals surface area contributed by atoms with Gasteiger partial charge >= 0.3 is 6.18 Å². The summed E-state index contributed by atoms with van der Waals surface area (Å²) in [6.07, 6.45) is -3.43. The highest BCUT2D eigenvalue weighted by Crippen LogP contribution is 2.38. The summed E-state index contributed by atoms with van der Waals surface area (Å²) in [7, 11) is -4.31. The van der Waals surface area contributed by atoms with Crippen molar-refractivity contribution in [3.63, 3.8) is 0 Å². The van der Waals surface area contributed by atoms with E-state index in [-0.39, 0.29) is 36.4 Å².